The minimum Gasteiger partial charge on any atom is -0.379 e. The van der Waals surface area contributed by atoms with Crippen molar-refractivity contribution in [2.24, 2.45) is 0 Å². The quantitative estimate of drug-likeness (QED) is 0.735. The van der Waals surface area contributed by atoms with E-state index >= 15 is 0 Å². The summed E-state index contributed by atoms with van der Waals surface area (Å²) in [4.78, 5) is 2.51. The predicted octanol–water partition coefficient (Wildman–Crippen LogP) is 3.62. The molecule has 2 heterocycles. The molecular weight excluding hydrogens is 322 g/mol. The summed E-state index contributed by atoms with van der Waals surface area (Å²) in [7, 11) is 0. The van der Waals surface area contributed by atoms with Crippen molar-refractivity contribution >= 4 is 21.8 Å². The Hall–Kier alpha value is -1.88. The van der Waals surface area contributed by atoms with Gasteiger partial charge in [0.15, 0.2) is 0 Å². The molecule has 1 aliphatic rings. The highest BCUT2D eigenvalue weighted by atomic mass is 16.5. The van der Waals surface area contributed by atoms with Gasteiger partial charge < -0.3 is 14.6 Å². The molecule has 2 aromatic carbocycles. The molecule has 1 aromatic heterocycles. The van der Waals surface area contributed by atoms with Gasteiger partial charge in [0, 0.05) is 60.6 Å². The van der Waals surface area contributed by atoms with Crippen molar-refractivity contribution in [2.45, 2.75) is 33.0 Å². The summed E-state index contributed by atoms with van der Waals surface area (Å²) in [5.41, 5.74) is 4.01. The Balaban J connectivity index is 1.48. The fourth-order valence-corrected chi connectivity index (χ4v) is 4.12. The molecule has 4 nitrogen and oxygen atoms in total. The van der Waals surface area contributed by atoms with Gasteiger partial charge in [-0.3, -0.25) is 4.90 Å². The van der Waals surface area contributed by atoms with Crippen LogP contribution in [-0.4, -0.2) is 48.4 Å². The summed E-state index contributed by atoms with van der Waals surface area (Å²) in [6, 6.07) is 16.2. The molecule has 4 heteroatoms. The molecule has 0 spiro atoms. The van der Waals surface area contributed by atoms with E-state index in [0.717, 1.165) is 45.9 Å². The van der Waals surface area contributed by atoms with Gasteiger partial charge in [-0.2, -0.15) is 0 Å². The second kappa shape index (κ2) is 7.78. The lowest BCUT2D eigenvalue weighted by Crippen LogP contribution is -2.46. The van der Waals surface area contributed by atoms with E-state index in [-0.39, 0.29) is 0 Å². The Bertz CT molecular complexity index is 880. The Labute approximate surface area is 155 Å². The first kappa shape index (κ1) is 17.5. The molecule has 138 valence electrons. The van der Waals surface area contributed by atoms with Crippen molar-refractivity contribution < 1.29 is 4.74 Å². The average molecular weight is 351 g/mol. The topological polar surface area (TPSA) is 29.4 Å². The Morgan fingerprint density at radius 1 is 1.04 bits per heavy atom. The summed E-state index contributed by atoms with van der Waals surface area (Å²) in [6.07, 6.45) is 0. The first-order chi connectivity index (χ1) is 12.8. The van der Waals surface area contributed by atoms with E-state index < -0.39 is 0 Å². The largest absolute Gasteiger partial charge is 0.379 e. The van der Waals surface area contributed by atoms with E-state index in [2.05, 4.69) is 71.1 Å². The number of fused-ring (bicyclic) bond motifs is 3. The van der Waals surface area contributed by atoms with E-state index in [4.69, 9.17) is 4.74 Å². The standard InChI is InChI=1S/C22H29N3O/c1-3-25-21-7-5-4-6-19(21)20-14-18(8-9-22(20)25)16-23-15-17(2)24-10-12-26-13-11-24/h4-9,14,17,23H,3,10-13,15-16H2,1-2H3. The number of morpholine rings is 1. The monoisotopic (exact) mass is 351 g/mol. The van der Waals surface area contributed by atoms with Crippen molar-refractivity contribution in [3.05, 3.63) is 48.0 Å². The normalized spacial score (nSPS) is 17.2. The lowest BCUT2D eigenvalue weighted by molar-refractivity contribution is 0.0203. The molecule has 1 fully saturated rings. The molecule has 0 radical (unpaired) electrons. The number of aromatic nitrogens is 1. The van der Waals surface area contributed by atoms with Crippen molar-refractivity contribution in [3.63, 3.8) is 0 Å². The summed E-state index contributed by atoms with van der Waals surface area (Å²) in [5, 5.41) is 6.36. The number of hydrogen-bond acceptors (Lipinski definition) is 3. The van der Waals surface area contributed by atoms with Gasteiger partial charge in [0.2, 0.25) is 0 Å². The highest BCUT2D eigenvalue weighted by Crippen LogP contribution is 2.29. The molecule has 0 amide bonds. The van der Waals surface area contributed by atoms with Gasteiger partial charge >= 0.3 is 0 Å². The molecule has 0 aliphatic carbocycles. The highest BCUT2D eigenvalue weighted by Gasteiger charge is 2.16. The lowest BCUT2D eigenvalue weighted by Gasteiger charge is -2.32. The van der Waals surface area contributed by atoms with Crippen molar-refractivity contribution in [1.82, 2.24) is 14.8 Å². The van der Waals surface area contributed by atoms with Crippen LogP contribution >= 0.6 is 0 Å². The number of hydrogen-bond donors (Lipinski definition) is 1. The van der Waals surface area contributed by atoms with Crippen LogP contribution < -0.4 is 5.32 Å². The number of benzene rings is 2. The molecule has 3 aromatic rings. The molecule has 1 N–H and O–H groups in total. The van der Waals surface area contributed by atoms with Crippen LogP contribution in [0, 0.1) is 0 Å². The van der Waals surface area contributed by atoms with Gasteiger partial charge in [-0.25, -0.2) is 0 Å². The lowest BCUT2D eigenvalue weighted by atomic mass is 10.1. The number of nitrogens with zero attached hydrogens (tertiary/aromatic N) is 2. The van der Waals surface area contributed by atoms with Gasteiger partial charge in [0.1, 0.15) is 0 Å². The van der Waals surface area contributed by atoms with Crippen molar-refractivity contribution in [3.8, 4) is 0 Å². The zero-order valence-corrected chi connectivity index (χ0v) is 15.9. The molecule has 1 unspecified atom stereocenters. The Morgan fingerprint density at radius 3 is 2.62 bits per heavy atom. The number of nitrogens with one attached hydrogen (secondary N) is 1. The van der Waals surface area contributed by atoms with E-state index in [9.17, 15) is 0 Å². The number of rotatable bonds is 6. The van der Waals surface area contributed by atoms with E-state index in [0.29, 0.717) is 6.04 Å². The molecule has 0 bridgehead atoms. The van der Waals surface area contributed by atoms with Crippen molar-refractivity contribution in [2.75, 3.05) is 32.8 Å². The molecule has 1 aliphatic heterocycles. The van der Waals surface area contributed by atoms with E-state index in [1.165, 1.54) is 27.4 Å². The fraction of sp³-hybridized carbons (Fsp3) is 0.455. The maximum absolute atomic E-state index is 5.45. The maximum Gasteiger partial charge on any atom is 0.0594 e. The van der Waals surface area contributed by atoms with Crippen LogP contribution in [0.3, 0.4) is 0 Å². The van der Waals surface area contributed by atoms with Crippen LogP contribution in [0.2, 0.25) is 0 Å². The smallest absolute Gasteiger partial charge is 0.0594 e. The molecular formula is C22H29N3O. The molecule has 1 atom stereocenters. The number of aryl methyl sites for hydroxylation is 1. The third-order valence-electron chi connectivity index (χ3n) is 5.59. The minimum atomic E-state index is 0.546. The first-order valence-electron chi connectivity index (χ1n) is 9.80. The van der Waals surface area contributed by atoms with Crippen LogP contribution in [0.15, 0.2) is 42.5 Å². The first-order valence-corrected chi connectivity index (χ1v) is 9.80. The summed E-state index contributed by atoms with van der Waals surface area (Å²) >= 11 is 0. The predicted molar refractivity (Wildman–Crippen MR) is 109 cm³/mol. The highest BCUT2D eigenvalue weighted by molar-refractivity contribution is 6.08. The second-order valence-corrected chi connectivity index (χ2v) is 7.24. The van der Waals surface area contributed by atoms with Gasteiger partial charge in [-0.1, -0.05) is 24.3 Å². The van der Waals surface area contributed by atoms with Crippen LogP contribution in [-0.2, 0) is 17.8 Å². The molecule has 26 heavy (non-hydrogen) atoms. The van der Waals surface area contributed by atoms with E-state index in [1.807, 2.05) is 0 Å². The number of para-hydroxylation sites is 1. The van der Waals surface area contributed by atoms with Crippen LogP contribution in [0.1, 0.15) is 19.4 Å². The van der Waals surface area contributed by atoms with Crippen LogP contribution in [0.25, 0.3) is 21.8 Å². The molecule has 1 saturated heterocycles. The molecule has 0 saturated carbocycles. The number of ether oxygens (including phenoxy) is 1. The van der Waals surface area contributed by atoms with Crippen LogP contribution in [0.4, 0.5) is 0 Å². The fourth-order valence-electron chi connectivity index (χ4n) is 4.12. The third-order valence-corrected chi connectivity index (χ3v) is 5.59. The summed E-state index contributed by atoms with van der Waals surface area (Å²) in [5.74, 6) is 0. The second-order valence-electron chi connectivity index (χ2n) is 7.24. The average Bonchev–Trinajstić information content (AvgIpc) is 3.01. The summed E-state index contributed by atoms with van der Waals surface area (Å²) in [6.45, 7) is 11.3. The van der Waals surface area contributed by atoms with Gasteiger partial charge in [0.25, 0.3) is 0 Å². The molecule has 4 rings (SSSR count). The van der Waals surface area contributed by atoms with Crippen molar-refractivity contribution in [1.29, 1.82) is 0 Å². The Kier molecular flexibility index (Phi) is 5.25. The maximum atomic E-state index is 5.45. The zero-order chi connectivity index (χ0) is 17.9. The van der Waals surface area contributed by atoms with Crippen LogP contribution in [0.5, 0.6) is 0 Å². The zero-order valence-electron chi connectivity index (χ0n) is 15.9. The summed E-state index contributed by atoms with van der Waals surface area (Å²) < 4.78 is 7.85. The third kappa shape index (κ3) is 3.37. The van der Waals surface area contributed by atoms with Gasteiger partial charge in [0.05, 0.1) is 13.2 Å². The van der Waals surface area contributed by atoms with E-state index in [1.54, 1.807) is 0 Å². The Morgan fingerprint density at radius 2 is 1.81 bits per heavy atom. The van der Waals surface area contributed by atoms with Gasteiger partial charge in [-0.15, -0.1) is 0 Å². The van der Waals surface area contributed by atoms with Gasteiger partial charge in [-0.05, 0) is 37.6 Å². The minimum absolute atomic E-state index is 0.546. The SMILES string of the molecule is CCn1c2ccccc2c2cc(CNCC(C)N3CCOCC3)ccc21.